The third-order valence-electron chi connectivity index (χ3n) is 3.23. The zero-order chi connectivity index (χ0) is 13.0. The molecular weight excluding hydrogens is 234 g/mol. The number of ether oxygens (including phenoxy) is 1. The second-order valence-electron chi connectivity index (χ2n) is 4.76. The highest BCUT2D eigenvalue weighted by molar-refractivity contribution is 6.32. The van der Waals surface area contributed by atoms with E-state index in [4.69, 9.17) is 16.3 Å². The fourth-order valence-electron chi connectivity index (χ4n) is 1.98. The largest absolute Gasteiger partial charge is 0.495 e. The van der Waals surface area contributed by atoms with Gasteiger partial charge >= 0.3 is 0 Å². The maximum Gasteiger partial charge on any atom is 0.137 e. The van der Waals surface area contributed by atoms with E-state index in [1.165, 1.54) is 11.1 Å². The Morgan fingerprint density at radius 1 is 1.35 bits per heavy atom. The lowest BCUT2D eigenvalue weighted by atomic mass is 9.94. The Hall–Kier alpha value is -0.730. The van der Waals surface area contributed by atoms with Crippen LogP contribution in [0.4, 0.5) is 0 Å². The van der Waals surface area contributed by atoms with Gasteiger partial charge in [-0.25, -0.2) is 0 Å². The summed E-state index contributed by atoms with van der Waals surface area (Å²) in [5, 5.41) is 4.04. The van der Waals surface area contributed by atoms with E-state index in [0.29, 0.717) is 17.0 Å². The molecule has 1 N–H and O–H groups in total. The second kappa shape index (κ2) is 6.27. The molecule has 0 amide bonds. The van der Waals surface area contributed by atoms with Crippen LogP contribution in [0.2, 0.25) is 5.02 Å². The molecule has 96 valence electrons. The molecule has 2 nitrogen and oxygen atoms in total. The highest BCUT2D eigenvalue weighted by atomic mass is 35.5. The topological polar surface area (TPSA) is 21.3 Å². The summed E-state index contributed by atoms with van der Waals surface area (Å²) in [5.74, 6) is 1.35. The van der Waals surface area contributed by atoms with Gasteiger partial charge in [0.1, 0.15) is 5.75 Å². The van der Waals surface area contributed by atoms with Crippen LogP contribution >= 0.6 is 11.6 Å². The molecule has 1 aromatic rings. The van der Waals surface area contributed by atoms with Crippen molar-refractivity contribution in [2.45, 2.75) is 33.2 Å². The van der Waals surface area contributed by atoms with Crippen LogP contribution in [-0.4, -0.2) is 20.2 Å². The predicted molar refractivity (Wildman–Crippen MR) is 74.1 cm³/mol. The number of rotatable bonds is 5. The van der Waals surface area contributed by atoms with Crippen LogP contribution in [0, 0.1) is 12.8 Å². The molecule has 0 aromatic heterocycles. The molecule has 0 saturated heterocycles. The van der Waals surface area contributed by atoms with E-state index in [1.807, 2.05) is 19.2 Å². The van der Waals surface area contributed by atoms with Gasteiger partial charge in [-0.05, 0) is 49.6 Å². The van der Waals surface area contributed by atoms with Gasteiger partial charge in [0.05, 0.1) is 12.1 Å². The average molecular weight is 256 g/mol. The maximum atomic E-state index is 6.16. The van der Waals surface area contributed by atoms with Crippen molar-refractivity contribution in [2.75, 3.05) is 14.2 Å². The number of methoxy groups -OCH3 is 1. The molecule has 0 aliphatic carbocycles. The molecule has 3 heteroatoms. The first kappa shape index (κ1) is 14.3. The molecule has 1 rings (SSSR count). The summed E-state index contributed by atoms with van der Waals surface area (Å²) in [6, 6.07) is 4.49. The van der Waals surface area contributed by atoms with Crippen LogP contribution in [0.5, 0.6) is 5.75 Å². The zero-order valence-corrected chi connectivity index (χ0v) is 12.1. The number of nitrogens with one attached hydrogen (secondary N) is 1. The zero-order valence-electron chi connectivity index (χ0n) is 11.3. The molecule has 0 radical (unpaired) electrons. The molecule has 1 aromatic carbocycles. The lowest BCUT2D eigenvalue weighted by Gasteiger charge is -2.21. The van der Waals surface area contributed by atoms with E-state index in [-0.39, 0.29) is 0 Å². The molecule has 0 heterocycles. The third kappa shape index (κ3) is 3.62. The number of benzene rings is 1. The van der Waals surface area contributed by atoms with Crippen molar-refractivity contribution in [1.82, 2.24) is 5.32 Å². The van der Waals surface area contributed by atoms with Gasteiger partial charge in [0.15, 0.2) is 0 Å². The number of likely N-dealkylation sites (N-methyl/N-ethyl adjacent to an activating group) is 1. The molecule has 1 atom stereocenters. The van der Waals surface area contributed by atoms with Crippen molar-refractivity contribution < 1.29 is 4.74 Å². The first-order chi connectivity index (χ1) is 7.99. The summed E-state index contributed by atoms with van der Waals surface area (Å²) in [5.41, 5.74) is 2.51. The Balaban J connectivity index is 2.95. The normalized spacial score (nSPS) is 12.9. The minimum Gasteiger partial charge on any atom is -0.495 e. The molecule has 0 saturated carbocycles. The monoisotopic (exact) mass is 255 g/mol. The highest BCUT2D eigenvalue weighted by Gasteiger charge is 2.14. The Morgan fingerprint density at radius 3 is 2.47 bits per heavy atom. The number of hydrogen-bond donors (Lipinski definition) is 1. The lowest BCUT2D eigenvalue weighted by Crippen LogP contribution is -2.32. The number of halogens is 1. The predicted octanol–water partition coefficient (Wildman–Crippen LogP) is 3.44. The van der Waals surface area contributed by atoms with Crippen LogP contribution in [-0.2, 0) is 6.42 Å². The lowest BCUT2D eigenvalue weighted by molar-refractivity contribution is 0.412. The summed E-state index contributed by atoms with van der Waals surface area (Å²) >= 11 is 6.16. The van der Waals surface area contributed by atoms with E-state index in [9.17, 15) is 0 Å². The molecule has 0 aliphatic heterocycles. The van der Waals surface area contributed by atoms with Crippen LogP contribution < -0.4 is 10.1 Å². The summed E-state index contributed by atoms with van der Waals surface area (Å²) in [7, 11) is 3.65. The van der Waals surface area contributed by atoms with E-state index < -0.39 is 0 Å². The Morgan fingerprint density at radius 2 is 2.00 bits per heavy atom. The molecule has 0 spiro atoms. The maximum absolute atomic E-state index is 6.16. The van der Waals surface area contributed by atoms with Gasteiger partial charge in [-0.3, -0.25) is 0 Å². The third-order valence-corrected chi connectivity index (χ3v) is 3.52. The van der Waals surface area contributed by atoms with Crippen LogP contribution in [0.1, 0.15) is 25.0 Å². The summed E-state index contributed by atoms with van der Waals surface area (Å²) in [4.78, 5) is 0. The van der Waals surface area contributed by atoms with Crippen molar-refractivity contribution in [2.24, 2.45) is 5.92 Å². The fraction of sp³-hybridized carbons (Fsp3) is 0.571. The van der Waals surface area contributed by atoms with Crippen molar-refractivity contribution in [1.29, 1.82) is 0 Å². The molecule has 17 heavy (non-hydrogen) atoms. The smallest absolute Gasteiger partial charge is 0.137 e. The van der Waals surface area contributed by atoms with E-state index >= 15 is 0 Å². The Bertz CT molecular complexity index is 377. The minimum atomic E-state index is 0.471. The summed E-state index contributed by atoms with van der Waals surface area (Å²) in [6.07, 6.45) is 0.990. The van der Waals surface area contributed by atoms with Crippen molar-refractivity contribution in [3.8, 4) is 5.75 Å². The SMILES string of the molecule is CNC(Cc1cc(Cl)c(OC)cc1C)C(C)C. The van der Waals surface area contributed by atoms with E-state index in [1.54, 1.807) is 7.11 Å². The van der Waals surface area contributed by atoms with E-state index in [2.05, 4.69) is 26.1 Å². The highest BCUT2D eigenvalue weighted by Crippen LogP contribution is 2.28. The van der Waals surface area contributed by atoms with Gasteiger partial charge in [0, 0.05) is 6.04 Å². The molecular formula is C14H22ClNO. The summed E-state index contributed by atoms with van der Waals surface area (Å²) in [6.45, 7) is 6.55. The van der Waals surface area contributed by atoms with Gasteiger partial charge in [-0.2, -0.15) is 0 Å². The molecule has 0 bridgehead atoms. The molecule has 1 unspecified atom stereocenters. The van der Waals surface area contributed by atoms with Crippen LogP contribution in [0.15, 0.2) is 12.1 Å². The van der Waals surface area contributed by atoms with Crippen LogP contribution in [0.3, 0.4) is 0 Å². The number of aryl methyl sites for hydroxylation is 1. The first-order valence-corrected chi connectivity index (χ1v) is 6.37. The second-order valence-corrected chi connectivity index (χ2v) is 5.16. The van der Waals surface area contributed by atoms with E-state index in [0.717, 1.165) is 12.2 Å². The standard InChI is InChI=1S/C14H22ClNO/c1-9(2)13(16-4)8-11-7-12(15)14(17-5)6-10(11)3/h6-7,9,13,16H,8H2,1-5H3. The van der Waals surface area contributed by atoms with Gasteiger partial charge < -0.3 is 10.1 Å². The van der Waals surface area contributed by atoms with Gasteiger partial charge in [0.25, 0.3) is 0 Å². The number of hydrogen-bond acceptors (Lipinski definition) is 2. The quantitative estimate of drug-likeness (QED) is 0.870. The first-order valence-electron chi connectivity index (χ1n) is 5.99. The van der Waals surface area contributed by atoms with Gasteiger partial charge in [0.2, 0.25) is 0 Å². The fourth-order valence-corrected chi connectivity index (χ4v) is 2.24. The van der Waals surface area contributed by atoms with Gasteiger partial charge in [-0.1, -0.05) is 25.4 Å². The van der Waals surface area contributed by atoms with Crippen molar-refractivity contribution in [3.63, 3.8) is 0 Å². The average Bonchev–Trinajstić information content (AvgIpc) is 2.29. The van der Waals surface area contributed by atoms with Crippen LogP contribution in [0.25, 0.3) is 0 Å². The Labute approximate surface area is 109 Å². The summed E-state index contributed by atoms with van der Waals surface area (Å²) < 4.78 is 5.21. The minimum absolute atomic E-state index is 0.471. The molecule has 0 aliphatic rings. The van der Waals surface area contributed by atoms with Gasteiger partial charge in [-0.15, -0.1) is 0 Å². The molecule has 0 fully saturated rings. The Kier molecular flexibility index (Phi) is 5.29. The van der Waals surface area contributed by atoms with Crippen molar-refractivity contribution >= 4 is 11.6 Å². The van der Waals surface area contributed by atoms with Crippen molar-refractivity contribution in [3.05, 3.63) is 28.3 Å².